The van der Waals surface area contributed by atoms with Crippen molar-refractivity contribution in [2.75, 3.05) is 36.5 Å². The van der Waals surface area contributed by atoms with Crippen LogP contribution in [0.25, 0.3) is 11.5 Å². The van der Waals surface area contributed by atoms with E-state index in [4.69, 9.17) is 10.1 Å². The van der Waals surface area contributed by atoms with Crippen molar-refractivity contribution in [2.45, 2.75) is 12.8 Å². The van der Waals surface area contributed by atoms with Crippen molar-refractivity contribution >= 4 is 11.6 Å². The molecule has 0 atom stereocenters. The predicted molar refractivity (Wildman–Crippen MR) is 116 cm³/mol. The highest BCUT2D eigenvalue weighted by Gasteiger charge is 2.17. The van der Waals surface area contributed by atoms with Crippen LogP contribution in [0.5, 0.6) is 0 Å². The summed E-state index contributed by atoms with van der Waals surface area (Å²) in [6.07, 6.45) is 7.35. The second-order valence-corrected chi connectivity index (χ2v) is 6.94. The van der Waals surface area contributed by atoms with E-state index in [0.29, 0.717) is 12.4 Å². The van der Waals surface area contributed by atoms with Crippen LogP contribution < -0.4 is 10.2 Å². The van der Waals surface area contributed by atoms with Gasteiger partial charge in [-0.1, -0.05) is 42.5 Å². The van der Waals surface area contributed by atoms with E-state index in [1.54, 1.807) is 12.3 Å². The van der Waals surface area contributed by atoms with Crippen molar-refractivity contribution < 1.29 is 5.11 Å². The van der Waals surface area contributed by atoms with Gasteiger partial charge in [0.15, 0.2) is 5.82 Å². The second-order valence-electron chi connectivity index (χ2n) is 6.94. The molecule has 1 aromatic carbocycles. The molecule has 0 aliphatic carbocycles. The maximum atomic E-state index is 8.92. The zero-order valence-electron chi connectivity index (χ0n) is 16.3. The molecule has 29 heavy (non-hydrogen) atoms. The normalized spacial score (nSPS) is 13.9. The van der Waals surface area contributed by atoms with E-state index in [0.717, 1.165) is 43.3 Å². The zero-order chi connectivity index (χ0) is 19.9. The molecule has 4 rings (SSSR count). The largest absolute Gasteiger partial charge is 0.392 e. The molecular formula is C23H25N5O. The number of pyridine rings is 1. The number of hydrogen-bond donors (Lipinski definition) is 2. The van der Waals surface area contributed by atoms with Crippen molar-refractivity contribution in [3.8, 4) is 11.5 Å². The monoisotopic (exact) mass is 387 g/mol. The van der Waals surface area contributed by atoms with E-state index in [9.17, 15) is 0 Å². The lowest BCUT2D eigenvalue weighted by Crippen LogP contribution is -2.27. The van der Waals surface area contributed by atoms with Crippen LogP contribution in [0.15, 0.2) is 66.9 Å². The molecule has 0 bridgehead atoms. The average Bonchev–Trinajstić information content (AvgIpc) is 3.00. The zero-order valence-corrected chi connectivity index (χ0v) is 16.3. The minimum atomic E-state index is 0.0320. The minimum absolute atomic E-state index is 0.0320. The van der Waals surface area contributed by atoms with E-state index in [1.165, 1.54) is 11.1 Å². The highest BCUT2D eigenvalue weighted by atomic mass is 16.2. The molecule has 0 saturated heterocycles. The third-order valence-corrected chi connectivity index (χ3v) is 5.02. The molecule has 2 N–H and O–H groups in total. The summed E-state index contributed by atoms with van der Waals surface area (Å²) in [5.41, 5.74) is 3.59. The van der Waals surface area contributed by atoms with E-state index >= 15 is 0 Å². The summed E-state index contributed by atoms with van der Waals surface area (Å²) in [5.74, 6) is 2.26. The van der Waals surface area contributed by atoms with Crippen LogP contribution in [-0.2, 0) is 12.8 Å². The molecule has 3 heterocycles. The number of hydrogen-bond acceptors (Lipinski definition) is 6. The topological polar surface area (TPSA) is 74.2 Å². The number of rotatable bonds is 6. The van der Waals surface area contributed by atoms with Crippen molar-refractivity contribution in [3.05, 3.63) is 78.0 Å². The van der Waals surface area contributed by atoms with Crippen LogP contribution in [0.3, 0.4) is 0 Å². The molecule has 0 amide bonds. The van der Waals surface area contributed by atoms with Gasteiger partial charge in [-0.3, -0.25) is 4.98 Å². The average molecular weight is 387 g/mol. The second kappa shape index (κ2) is 9.30. The molecule has 0 spiro atoms. The molecule has 0 radical (unpaired) electrons. The first-order valence-corrected chi connectivity index (χ1v) is 9.95. The lowest BCUT2D eigenvalue weighted by molar-refractivity contribution is 0.342. The maximum absolute atomic E-state index is 8.92. The van der Waals surface area contributed by atoms with Crippen molar-refractivity contribution in [3.63, 3.8) is 0 Å². The quantitative estimate of drug-likeness (QED) is 0.633. The molecule has 148 valence electrons. The van der Waals surface area contributed by atoms with Gasteiger partial charge < -0.3 is 15.3 Å². The Kier molecular flexibility index (Phi) is 6.12. The summed E-state index contributed by atoms with van der Waals surface area (Å²) >= 11 is 0. The summed E-state index contributed by atoms with van der Waals surface area (Å²) in [4.78, 5) is 16.2. The Morgan fingerprint density at radius 1 is 0.966 bits per heavy atom. The Balaban J connectivity index is 1.62. The smallest absolute Gasteiger partial charge is 0.182 e. The fourth-order valence-corrected chi connectivity index (χ4v) is 3.51. The van der Waals surface area contributed by atoms with Crippen LogP contribution in [0.2, 0.25) is 0 Å². The Labute approximate surface area is 171 Å². The van der Waals surface area contributed by atoms with Gasteiger partial charge in [-0.05, 0) is 36.1 Å². The van der Waals surface area contributed by atoms with Gasteiger partial charge in [-0.25, -0.2) is 9.97 Å². The van der Waals surface area contributed by atoms with Crippen LogP contribution >= 0.6 is 0 Å². The van der Waals surface area contributed by atoms with Crippen molar-refractivity contribution in [2.24, 2.45) is 0 Å². The van der Waals surface area contributed by atoms with Crippen molar-refractivity contribution in [1.29, 1.82) is 0 Å². The standard InChI is InChI=1S/C23H25N5O/c29-16-6-5-13-25-21-17-22(27-23(26-21)20-9-3-4-12-24-20)28-14-10-18-7-1-2-8-19(18)11-15-28/h1-9,12,17,29H,10-11,13-16H2,(H,25,26,27)/b6-5-. The van der Waals surface area contributed by atoms with Gasteiger partial charge >= 0.3 is 0 Å². The van der Waals surface area contributed by atoms with Crippen molar-refractivity contribution in [1.82, 2.24) is 15.0 Å². The Hall–Kier alpha value is -3.25. The molecule has 0 fully saturated rings. The molecule has 3 aromatic rings. The van der Waals surface area contributed by atoms with E-state index in [1.807, 2.05) is 30.3 Å². The van der Waals surface area contributed by atoms with Gasteiger partial charge in [-0.15, -0.1) is 0 Å². The van der Waals surface area contributed by atoms with Crippen LogP contribution in [0, 0.1) is 0 Å². The lowest BCUT2D eigenvalue weighted by atomic mass is 10.0. The molecule has 0 unspecified atom stereocenters. The molecular weight excluding hydrogens is 362 g/mol. The summed E-state index contributed by atoms with van der Waals surface area (Å²) in [6.45, 7) is 2.45. The van der Waals surface area contributed by atoms with E-state index in [2.05, 4.69) is 44.5 Å². The number of nitrogens with one attached hydrogen (secondary N) is 1. The summed E-state index contributed by atoms with van der Waals surface area (Å²) in [7, 11) is 0. The number of aliphatic hydroxyl groups is 1. The first-order valence-electron chi connectivity index (χ1n) is 9.95. The Bertz CT molecular complexity index is 947. The van der Waals surface area contributed by atoms with Crippen LogP contribution in [-0.4, -0.2) is 46.3 Å². The number of benzene rings is 1. The number of aliphatic hydroxyl groups excluding tert-OH is 1. The molecule has 1 aliphatic rings. The van der Waals surface area contributed by atoms with E-state index in [-0.39, 0.29) is 6.61 Å². The van der Waals surface area contributed by atoms with Gasteiger partial charge in [0.1, 0.15) is 17.3 Å². The Morgan fingerprint density at radius 2 is 1.72 bits per heavy atom. The first kappa shape index (κ1) is 19.1. The first-order chi connectivity index (χ1) is 14.3. The fraction of sp³-hybridized carbons (Fsp3) is 0.261. The molecule has 0 saturated carbocycles. The molecule has 2 aromatic heterocycles. The van der Waals surface area contributed by atoms with Gasteiger partial charge in [0, 0.05) is 31.9 Å². The molecule has 6 nitrogen and oxygen atoms in total. The van der Waals surface area contributed by atoms with E-state index < -0.39 is 0 Å². The van der Waals surface area contributed by atoms with Gasteiger partial charge in [0.05, 0.1) is 6.61 Å². The Morgan fingerprint density at radius 3 is 2.41 bits per heavy atom. The van der Waals surface area contributed by atoms with Gasteiger partial charge in [-0.2, -0.15) is 0 Å². The number of anilines is 2. The van der Waals surface area contributed by atoms with Crippen LogP contribution in [0.1, 0.15) is 11.1 Å². The number of fused-ring (bicyclic) bond motifs is 1. The highest BCUT2D eigenvalue weighted by molar-refractivity contribution is 5.59. The summed E-state index contributed by atoms with van der Waals surface area (Å²) in [5, 5.41) is 12.2. The molecule has 1 aliphatic heterocycles. The minimum Gasteiger partial charge on any atom is -0.392 e. The number of nitrogens with zero attached hydrogens (tertiary/aromatic N) is 4. The number of aromatic nitrogens is 3. The van der Waals surface area contributed by atoms with Gasteiger partial charge in [0.2, 0.25) is 0 Å². The summed E-state index contributed by atoms with van der Waals surface area (Å²) < 4.78 is 0. The van der Waals surface area contributed by atoms with Crippen LogP contribution in [0.4, 0.5) is 11.6 Å². The fourth-order valence-electron chi connectivity index (χ4n) is 3.51. The SMILES string of the molecule is OC/C=C\CNc1cc(N2CCc3ccccc3CC2)nc(-c2ccccn2)n1. The third-order valence-electron chi connectivity index (χ3n) is 5.02. The predicted octanol–water partition coefficient (Wildman–Crippen LogP) is 3.10. The highest BCUT2D eigenvalue weighted by Crippen LogP contribution is 2.24. The summed E-state index contributed by atoms with van der Waals surface area (Å²) in [6, 6.07) is 16.4. The lowest BCUT2D eigenvalue weighted by Gasteiger charge is -2.22. The molecule has 6 heteroatoms. The van der Waals surface area contributed by atoms with Gasteiger partial charge in [0.25, 0.3) is 0 Å². The third kappa shape index (κ3) is 4.78. The maximum Gasteiger partial charge on any atom is 0.182 e.